The summed E-state index contributed by atoms with van der Waals surface area (Å²) in [6.07, 6.45) is 1.67. The zero-order valence-electron chi connectivity index (χ0n) is 9.45. The third-order valence-corrected chi connectivity index (χ3v) is 1.94. The minimum Gasteiger partial charge on any atom is -0.462 e. The number of carbonyl (C=O) groups excluding carboxylic acids is 2. The van der Waals surface area contributed by atoms with Crippen LogP contribution in [0.3, 0.4) is 0 Å². The van der Waals surface area contributed by atoms with Crippen LogP contribution in [0.25, 0.3) is 0 Å². The molecule has 0 heterocycles. The van der Waals surface area contributed by atoms with Crippen molar-refractivity contribution in [2.45, 2.75) is 12.8 Å². The topological polar surface area (TPSA) is 52.6 Å². The van der Waals surface area contributed by atoms with Crippen LogP contribution in [0.15, 0.2) is 25.3 Å². The highest BCUT2D eigenvalue weighted by Crippen LogP contribution is 2.25. The summed E-state index contributed by atoms with van der Waals surface area (Å²) in [5.41, 5.74) is 0. The lowest BCUT2D eigenvalue weighted by Crippen LogP contribution is -2.35. The molecule has 17 heavy (non-hydrogen) atoms. The van der Waals surface area contributed by atoms with E-state index < -0.39 is 37.0 Å². The SMILES string of the molecule is C=CC(=O)OCC(C)C(F)(F)COC(=O)C=C. The molecule has 1 unspecified atom stereocenters. The molecule has 0 amide bonds. The average molecular weight is 248 g/mol. The van der Waals surface area contributed by atoms with Crippen molar-refractivity contribution in [1.29, 1.82) is 0 Å². The second-order valence-electron chi connectivity index (χ2n) is 3.31. The molecule has 0 aromatic carbocycles. The molecular formula is C11H14F2O4. The number of ether oxygens (including phenoxy) is 2. The molecule has 0 saturated carbocycles. The Hall–Kier alpha value is -1.72. The van der Waals surface area contributed by atoms with Gasteiger partial charge in [-0.1, -0.05) is 20.1 Å². The molecule has 96 valence electrons. The fourth-order valence-corrected chi connectivity index (χ4v) is 0.757. The molecule has 0 N–H and O–H groups in total. The fourth-order valence-electron chi connectivity index (χ4n) is 0.757. The van der Waals surface area contributed by atoms with Crippen molar-refractivity contribution in [3.05, 3.63) is 25.3 Å². The molecule has 0 aromatic rings. The van der Waals surface area contributed by atoms with Crippen LogP contribution < -0.4 is 0 Å². The third kappa shape index (κ3) is 5.79. The molecule has 0 fully saturated rings. The molecule has 0 radical (unpaired) electrons. The summed E-state index contributed by atoms with van der Waals surface area (Å²) in [4.78, 5) is 21.3. The summed E-state index contributed by atoms with van der Waals surface area (Å²) in [6.45, 7) is 5.82. The second kappa shape index (κ2) is 6.78. The molecule has 6 heteroatoms. The van der Waals surface area contributed by atoms with Gasteiger partial charge < -0.3 is 9.47 Å². The molecule has 0 aromatic heterocycles. The summed E-state index contributed by atoms with van der Waals surface area (Å²) < 4.78 is 35.4. The first-order chi connectivity index (χ1) is 7.83. The number of alkyl halides is 2. The molecule has 0 aliphatic carbocycles. The number of rotatable bonds is 7. The van der Waals surface area contributed by atoms with Crippen molar-refractivity contribution in [3.8, 4) is 0 Å². The van der Waals surface area contributed by atoms with Crippen molar-refractivity contribution in [2.75, 3.05) is 13.2 Å². The first-order valence-corrected chi connectivity index (χ1v) is 4.79. The van der Waals surface area contributed by atoms with Crippen molar-refractivity contribution >= 4 is 11.9 Å². The van der Waals surface area contributed by atoms with E-state index in [9.17, 15) is 18.4 Å². The minimum absolute atomic E-state index is 0.483. The second-order valence-corrected chi connectivity index (χ2v) is 3.31. The maximum Gasteiger partial charge on any atom is 0.330 e. The van der Waals surface area contributed by atoms with Gasteiger partial charge in [0.15, 0.2) is 6.61 Å². The maximum atomic E-state index is 13.3. The predicted octanol–water partition coefficient (Wildman–Crippen LogP) is 1.72. The van der Waals surface area contributed by atoms with E-state index >= 15 is 0 Å². The van der Waals surface area contributed by atoms with Crippen LogP contribution in [-0.2, 0) is 19.1 Å². The molecule has 0 rings (SSSR count). The Morgan fingerprint density at radius 3 is 2.18 bits per heavy atom. The largest absolute Gasteiger partial charge is 0.462 e. The van der Waals surface area contributed by atoms with Crippen LogP contribution in [-0.4, -0.2) is 31.1 Å². The molecule has 4 nitrogen and oxygen atoms in total. The molecular weight excluding hydrogens is 234 g/mol. The van der Waals surface area contributed by atoms with E-state index in [2.05, 4.69) is 22.6 Å². The molecule has 1 atom stereocenters. The molecule has 0 aliphatic rings. The lowest BCUT2D eigenvalue weighted by atomic mass is 10.1. The van der Waals surface area contributed by atoms with Crippen LogP contribution >= 0.6 is 0 Å². The summed E-state index contributed by atoms with van der Waals surface area (Å²) in [6, 6.07) is 0. The van der Waals surface area contributed by atoms with Gasteiger partial charge in [0.2, 0.25) is 0 Å². The van der Waals surface area contributed by atoms with Gasteiger partial charge in [-0.05, 0) is 0 Å². The van der Waals surface area contributed by atoms with E-state index in [4.69, 9.17) is 0 Å². The van der Waals surface area contributed by atoms with Crippen LogP contribution in [0, 0.1) is 5.92 Å². The van der Waals surface area contributed by atoms with Crippen LogP contribution in [0.2, 0.25) is 0 Å². The number of hydrogen-bond acceptors (Lipinski definition) is 4. The van der Waals surface area contributed by atoms with E-state index in [-0.39, 0.29) is 0 Å². The van der Waals surface area contributed by atoms with Crippen molar-refractivity contribution in [2.24, 2.45) is 5.92 Å². The van der Waals surface area contributed by atoms with Gasteiger partial charge in [-0.2, -0.15) is 0 Å². The van der Waals surface area contributed by atoms with Gasteiger partial charge in [-0.15, -0.1) is 0 Å². The van der Waals surface area contributed by atoms with Gasteiger partial charge >= 0.3 is 11.9 Å². The lowest BCUT2D eigenvalue weighted by molar-refractivity contribution is -0.163. The summed E-state index contributed by atoms with van der Waals surface area (Å²) in [5.74, 6) is -6.26. The summed E-state index contributed by atoms with van der Waals surface area (Å²) >= 11 is 0. The highest BCUT2D eigenvalue weighted by atomic mass is 19.3. The Kier molecular flexibility index (Phi) is 6.09. The molecule has 0 bridgehead atoms. The van der Waals surface area contributed by atoms with E-state index in [1.807, 2.05) is 0 Å². The van der Waals surface area contributed by atoms with E-state index in [1.165, 1.54) is 6.92 Å². The van der Waals surface area contributed by atoms with Gasteiger partial charge in [-0.3, -0.25) is 0 Å². The summed E-state index contributed by atoms with van der Waals surface area (Å²) in [7, 11) is 0. The van der Waals surface area contributed by atoms with Crippen molar-refractivity contribution < 1.29 is 27.8 Å². The highest BCUT2D eigenvalue weighted by Gasteiger charge is 2.38. The quantitative estimate of drug-likeness (QED) is 0.508. The highest BCUT2D eigenvalue weighted by molar-refractivity contribution is 5.81. The number of hydrogen-bond donors (Lipinski definition) is 0. The zero-order valence-corrected chi connectivity index (χ0v) is 9.45. The number of esters is 2. The normalized spacial score (nSPS) is 12.4. The van der Waals surface area contributed by atoms with Gasteiger partial charge in [0.25, 0.3) is 5.92 Å². The van der Waals surface area contributed by atoms with Crippen LogP contribution in [0.1, 0.15) is 6.92 Å². The minimum atomic E-state index is -3.28. The Bertz CT molecular complexity index is 313. The average Bonchev–Trinajstić information content (AvgIpc) is 2.32. The first-order valence-electron chi connectivity index (χ1n) is 4.79. The summed E-state index contributed by atoms with van der Waals surface area (Å²) in [5, 5.41) is 0. The monoisotopic (exact) mass is 248 g/mol. The lowest BCUT2D eigenvalue weighted by Gasteiger charge is -2.22. The van der Waals surface area contributed by atoms with Crippen molar-refractivity contribution in [1.82, 2.24) is 0 Å². The Morgan fingerprint density at radius 1 is 1.24 bits per heavy atom. The first kappa shape index (κ1) is 15.3. The smallest absolute Gasteiger partial charge is 0.330 e. The zero-order chi connectivity index (χ0) is 13.5. The Morgan fingerprint density at radius 2 is 1.71 bits per heavy atom. The molecule has 0 spiro atoms. The maximum absolute atomic E-state index is 13.3. The number of carbonyl (C=O) groups is 2. The van der Waals surface area contributed by atoms with Gasteiger partial charge in [-0.25, -0.2) is 18.4 Å². The van der Waals surface area contributed by atoms with Crippen molar-refractivity contribution in [3.63, 3.8) is 0 Å². The predicted molar refractivity (Wildman–Crippen MR) is 56.4 cm³/mol. The Balaban J connectivity index is 4.18. The fraction of sp³-hybridized carbons (Fsp3) is 0.455. The van der Waals surface area contributed by atoms with Crippen LogP contribution in [0.5, 0.6) is 0 Å². The van der Waals surface area contributed by atoms with Gasteiger partial charge in [0.1, 0.15) is 6.61 Å². The standard InChI is InChI=1S/C11H14F2O4/c1-4-9(14)16-6-8(3)11(12,13)7-17-10(15)5-2/h4-5,8H,1-2,6-7H2,3H3. The van der Waals surface area contributed by atoms with Crippen LogP contribution in [0.4, 0.5) is 8.78 Å². The van der Waals surface area contributed by atoms with E-state index in [0.717, 1.165) is 12.2 Å². The molecule has 0 saturated heterocycles. The number of halogens is 2. The van der Waals surface area contributed by atoms with Gasteiger partial charge in [0, 0.05) is 12.2 Å². The van der Waals surface area contributed by atoms with Gasteiger partial charge in [0.05, 0.1) is 5.92 Å². The third-order valence-electron chi connectivity index (χ3n) is 1.94. The van der Waals surface area contributed by atoms with E-state index in [0.29, 0.717) is 0 Å². The Labute approximate surface area is 97.9 Å². The van der Waals surface area contributed by atoms with E-state index in [1.54, 1.807) is 0 Å². The molecule has 0 aliphatic heterocycles.